The molecule has 0 aromatic heterocycles. The van der Waals surface area contributed by atoms with Gasteiger partial charge in [0.1, 0.15) is 6.04 Å². The number of hydrogen-bond acceptors (Lipinski definition) is 5. The third kappa shape index (κ3) is 4.51. The smallest absolute Gasteiger partial charge is 0.326 e. The lowest BCUT2D eigenvalue weighted by Gasteiger charge is -2.17. The molecule has 0 fully saturated rings. The monoisotopic (exact) mass is 282 g/mol. The van der Waals surface area contributed by atoms with Crippen molar-refractivity contribution in [2.24, 2.45) is 0 Å². The highest BCUT2D eigenvalue weighted by molar-refractivity contribution is 5.77. The van der Waals surface area contributed by atoms with E-state index >= 15 is 0 Å². The molecule has 2 N–H and O–H groups in total. The number of carboxylic acid groups (broad SMARTS) is 1. The maximum absolute atomic E-state index is 11.2. The van der Waals surface area contributed by atoms with Crippen molar-refractivity contribution in [2.75, 3.05) is 19.0 Å². The molecule has 0 bridgehead atoms. The summed E-state index contributed by atoms with van der Waals surface area (Å²) in [4.78, 5) is 21.3. The molecule has 7 heteroatoms. The summed E-state index contributed by atoms with van der Waals surface area (Å²) in [6.07, 6.45) is 1.03. The van der Waals surface area contributed by atoms with Gasteiger partial charge < -0.3 is 15.2 Å². The predicted molar refractivity (Wildman–Crippen MR) is 74.0 cm³/mol. The molecular formula is C13H18N2O5. The second kappa shape index (κ2) is 7.44. The molecule has 0 radical (unpaired) electrons. The predicted octanol–water partition coefficient (Wildman–Crippen LogP) is 2.19. The summed E-state index contributed by atoms with van der Waals surface area (Å²) in [5.74, 6) is -0.959. The topological polar surface area (TPSA) is 102 Å². The van der Waals surface area contributed by atoms with Gasteiger partial charge in [-0.2, -0.15) is 0 Å². The van der Waals surface area contributed by atoms with E-state index in [0.29, 0.717) is 30.7 Å². The highest BCUT2D eigenvalue weighted by atomic mass is 16.6. The lowest BCUT2D eigenvalue weighted by atomic mass is 10.1. The number of aliphatic carboxylic acids is 1. The van der Waals surface area contributed by atoms with Crippen LogP contribution in [0.1, 0.15) is 18.4 Å². The van der Waals surface area contributed by atoms with Gasteiger partial charge in [0.15, 0.2) is 0 Å². The third-order valence-electron chi connectivity index (χ3n) is 2.89. The van der Waals surface area contributed by atoms with Crippen LogP contribution in [0.3, 0.4) is 0 Å². The van der Waals surface area contributed by atoms with Gasteiger partial charge in [-0.05, 0) is 31.4 Å². The second-order valence-corrected chi connectivity index (χ2v) is 4.43. The quantitative estimate of drug-likeness (QED) is 0.430. The molecular weight excluding hydrogens is 264 g/mol. The number of carbonyl (C=O) groups is 1. The Labute approximate surface area is 116 Å². The highest BCUT2D eigenvalue weighted by Gasteiger charge is 2.18. The number of ether oxygens (including phenoxy) is 1. The number of methoxy groups -OCH3 is 1. The first-order chi connectivity index (χ1) is 9.45. The summed E-state index contributed by atoms with van der Waals surface area (Å²) in [7, 11) is 1.56. The van der Waals surface area contributed by atoms with E-state index in [-0.39, 0.29) is 5.69 Å². The molecule has 1 unspecified atom stereocenters. The van der Waals surface area contributed by atoms with Gasteiger partial charge in [0.2, 0.25) is 0 Å². The molecule has 0 heterocycles. The first-order valence-corrected chi connectivity index (χ1v) is 6.19. The normalized spacial score (nSPS) is 11.9. The van der Waals surface area contributed by atoms with Crippen LogP contribution in [-0.4, -0.2) is 35.8 Å². The molecule has 1 rings (SSSR count). The van der Waals surface area contributed by atoms with Gasteiger partial charge in [0.25, 0.3) is 5.69 Å². The molecule has 1 atom stereocenters. The van der Waals surface area contributed by atoms with E-state index in [1.807, 2.05) is 0 Å². The maximum Gasteiger partial charge on any atom is 0.326 e. The summed E-state index contributed by atoms with van der Waals surface area (Å²) in [6, 6.07) is 3.55. The number of nitrogens with one attached hydrogen (secondary N) is 1. The molecule has 0 saturated carbocycles. The molecule has 20 heavy (non-hydrogen) atoms. The Hall–Kier alpha value is -2.15. The van der Waals surface area contributed by atoms with Crippen LogP contribution in [0.15, 0.2) is 18.2 Å². The number of nitro benzene ring substituents is 1. The Morgan fingerprint density at radius 2 is 2.25 bits per heavy atom. The number of aryl methyl sites for hydroxylation is 1. The van der Waals surface area contributed by atoms with Crippen LogP contribution in [0.4, 0.5) is 11.4 Å². The number of hydrogen-bond donors (Lipinski definition) is 2. The van der Waals surface area contributed by atoms with E-state index in [0.717, 1.165) is 0 Å². The maximum atomic E-state index is 11.2. The zero-order valence-electron chi connectivity index (χ0n) is 11.5. The van der Waals surface area contributed by atoms with Gasteiger partial charge in [-0.15, -0.1) is 0 Å². The van der Waals surface area contributed by atoms with Crippen LogP contribution >= 0.6 is 0 Å². The largest absolute Gasteiger partial charge is 0.480 e. The van der Waals surface area contributed by atoms with Crippen LogP contribution < -0.4 is 5.32 Å². The molecule has 0 saturated heterocycles. The average molecular weight is 282 g/mol. The second-order valence-electron chi connectivity index (χ2n) is 4.43. The fourth-order valence-corrected chi connectivity index (χ4v) is 1.80. The van der Waals surface area contributed by atoms with Crippen molar-refractivity contribution >= 4 is 17.3 Å². The minimum Gasteiger partial charge on any atom is -0.480 e. The number of rotatable bonds is 8. The lowest BCUT2D eigenvalue weighted by Crippen LogP contribution is -2.29. The number of carboxylic acids is 1. The van der Waals surface area contributed by atoms with Gasteiger partial charge in [-0.3, -0.25) is 10.1 Å². The summed E-state index contributed by atoms with van der Waals surface area (Å²) in [5.41, 5.74) is 1.21. The van der Waals surface area contributed by atoms with Crippen LogP contribution in [0.25, 0.3) is 0 Å². The van der Waals surface area contributed by atoms with Crippen molar-refractivity contribution in [3.63, 3.8) is 0 Å². The van der Waals surface area contributed by atoms with Crippen molar-refractivity contribution in [2.45, 2.75) is 25.8 Å². The van der Waals surface area contributed by atoms with Gasteiger partial charge in [0.05, 0.1) is 4.92 Å². The summed E-state index contributed by atoms with van der Waals surface area (Å²) < 4.78 is 4.89. The molecule has 0 aliphatic rings. The van der Waals surface area contributed by atoms with E-state index in [9.17, 15) is 14.9 Å². The van der Waals surface area contributed by atoms with Gasteiger partial charge in [0, 0.05) is 31.5 Å². The first-order valence-electron chi connectivity index (χ1n) is 6.19. The molecule has 0 spiro atoms. The number of anilines is 1. The number of nitrogens with zero attached hydrogens (tertiary/aromatic N) is 1. The lowest BCUT2D eigenvalue weighted by molar-refractivity contribution is -0.384. The van der Waals surface area contributed by atoms with Crippen LogP contribution in [0.5, 0.6) is 0 Å². The van der Waals surface area contributed by atoms with Crippen molar-refractivity contribution in [3.8, 4) is 0 Å². The molecule has 0 aliphatic heterocycles. The number of nitro groups is 1. The van der Waals surface area contributed by atoms with Gasteiger partial charge >= 0.3 is 5.97 Å². The van der Waals surface area contributed by atoms with E-state index in [1.54, 1.807) is 14.0 Å². The first kappa shape index (κ1) is 15.9. The molecule has 0 amide bonds. The van der Waals surface area contributed by atoms with Gasteiger partial charge in [-0.25, -0.2) is 4.79 Å². The summed E-state index contributed by atoms with van der Waals surface area (Å²) in [6.45, 7) is 2.19. The van der Waals surface area contributed by atoms with E-state index in [1.165, 1.54) is 18.2 Å². The highest BCUT2D eigenvalue weighted by Crippen LogP contribution is 2.22. The van der Waals surface area contributed by atoms with Crippen molar-refractivity contribution in [1.82, 2.24) is 0 Å². The number of non-ortho nitro benzene ring substituents is 1. The Balaban J connectivity index is 2.78. The van der Waals surface area contributed by atoms with Crippen molar-refractivity contribution in [3.05, 3.63) is 33.9 Å². The Kier molecular flexibility index (Phi) is 5.92. The Morgan fingerprint density at radius 1 is 1.55 bits per heavy atom. The molecule has 0 aliphatic carbocycles. The van der Waals surface area contributed by atoms with Crippen LogP contribution in [0, 0.1) is 17.0 Å². The van der Waals surface area contributed by atoms with Gasteiger partial charge in [-0.1, -0.05) is 0 Å². The zero-order valence-corrected chi connectivity index (χ0v) is 11.5. The molecule has 1 aromatic rings. The minimum absolute atomic E-state index is 0.0145. The SMILES string of the molecule is COCCCC(Nc1ccc([N+](=O)[O-])cc1C)C(=O)O. The molecule has 7 nitrogen and oxygen atoms in total. The van der Waals surface area contributed by atoms with E-state index < -0.39 is 16.9 Å². The number of benzene rings is 1. The van der Waals surface area contributed by atoms with E-state index in [2.05, 4.69) is 5.32 Å². The molecule has 1 aromatic carbocycles. The molecule has 110 valence electrons. The zero-order chi connectivity index (χ0) is 15.1. The van der Waals surface area contributed by atoms with Crippen LogP contribution in [0.2, 0.25) is 0 Å². The fraction of sp³-hybridized carbons (Fsp3) is 0.462. The van der Waals surface area contributed by atoms with Crippen molar-refractivity contribution < 1.29 is 19.6 Å². The standard InChI is InChI=1S/C13H18N2O5/c1-9-8-10(15(18)19)5-6-11(9)14-12(13(16)17)4-3-7-20-2/h5-6,8,12,14H,3-4,7H2,1-2H3,(H,16,17). The summed E-state index contributed by atoms with van der Waals surface area (Å²) >= 11 is 0. The minimum atomic E-state index is -0.959. The fourth-order valence-electron chi connectivity index (χ4n) is 1.80. The van der Waals surface area contributed by atoms with E-state index in [4.69, 9.17) is 9.84 Å². The summed E-state index contributed by atoms with van der Waals surface area (Å²) in [5, 5.41) is 22.7. The Morgan fingerprint density at radius 3 is 2.75 bits per heavy atom. The third-order valence-corrected chi connectivity index (χ3v) is 2.89. The Bertz CT molecular complexity index is 490. The van der Waals surface area contributed by atoms with Crippen molar-refractivity contribution in [1.29, 1.82) is 0 Å². The average Bonchev–Trinajstić information content (AvgIpc) is 2.39. The van der Waals surface area contributed by atoms with Crippen LogP contribution in [-0.2, 0) is 9.53 Å².